The van der Waals surface area contributed by atoms with E-state index in [1.54, 1.807) is 0 Å². The molecule has 0 radical (unpaired) electrons. The first kappa shape index (κ1) is 38.5. The molecule has 0 heteroatoms. The first-order valence-electron chi connectivity index (χ1n) is 10.5. The van der Waals surface area contributed by atoms with Crippen molar-refractivity contribution < 1.29 is 0 Å². The van der Waals surface area contributed by atoms with Gasteiger partial charge in [-0.25, -0.2) is 0 Å². The van der Waals surface area contributed by atoms with E-state index in [1.807, 2.05) is 13.8 Å². The summed E-state index contributed by atoms with van der Waals surface area (Å²) in [5.74, 6) is 0.903. The summed E-state index contributed by atoms with van der Waals surface area (Å²) in [5.41, 5.74) is 0. The molecule has 0 N–H and O–H groups in total. The Balaban J connectivity index is -0.0000000414. The van der Waals surface area contributed by atoms with Crippen molar-refractivity contribution in [1.82, 2.24) is 0 Å². The summed E-state index contributed by atoms with van der Waals surface area (Å²) in [6.07, 6.45) is 13.6. The minimum Gasteiger partial charge on any atom is -0.0776 e. The van der Waals surface area contributed by atoms with E-state index in [2.05, 4.69) is 62.3 Å². The molecule has 0 aromatic heterocycles. The second kappa shape index (κ2) is 57.4. The van der Waals surface area contributed by atoms with Gasteiger partial charge in [-0.05, 0) is 5.92 Å². The summed E-state index contributed by atoms with van der Waals surface area (Å²) in [6.45, 7) is 23.9. The minimum absolute atomic E-state index is 0. The normalized spacial score (nSPS) is 7.83. The fourth-order valence-corrected chi connectivity index (χ4v) is 1.11. The smallest absolute Gasteiger partial charge is 0.0471 e. The maximum absolute atomic E-state index is 2.27. The highest BCUT2D eigenvalue weighted by atomic mass is 13.9. The lowest BCUT2D eigenvalue weighted by molar-refractivity contribution is 0.550. The highest BCUT2D eigenvalue weighted by Crippen LogP contribution is 2.04. The van der Waals surface area contributed by atoms with Crippen molar-refractivity contribution in [2.45, 2.75) is 148 Å². The lowest BCUT2D eigenvalue weighted by Gasteiger charge is -1.98. The van der Waals surface area contributed by atoms with E-state index >= 15 is 0 Å². The van der Waals surface area contributed by atoms with Gasteiger partial charge in [0.2, 0.25) is 0 Å². The summed E-state index contributed by atoms with van der Waals surface area (Å²) >= 11 is 0. The van der Waals surface area contributed by atoms with E-state index < -0.39 is 0 Å². The number of unbranched alkanes of at least 4 members (excludes halogenated alkanes) is 5. The molecular weight excluding hydrogens is 276 g/mol. The molecule has 0 amide bonds. The van der Waals surface area contributed by atoms with Crippen molar-refractivity contribution in [2.75, 3.05) is 0 Å². The lowest BCUT2D eigenvalue weighted by Crippen LogP contribution is -1.83. The number of rotatable bonds is 7. The maximum atomic E-state index is 2.27. The van der Waals surface area contributed by atoms with E-state index in [1.165, 1.54) is 64.2 Å². The van der Waals surface area contributed by atoms with Gasteiger partial charge in [0.25, 0.3) is 0 Å². The Morgan fingerprint density at radius 2 is 0.783 bits per heavy atom. The fourth-order valence-electron chi connectivity index (χ4n) is 1.11. The number of hydrogen-bond donors (Lipinski definition) is 0. The van der Waals surface area contributed by atoms with E-state index in [0.717, 1.165) is 5.92 Å². The lowest BCUT2D eigenvalue weighted by atomic mass is 10.1. The van der Waals surface area contributed by atoms with E-state index in [0.29, 0.717) is 0 Å². The molecule has 0 aliphatic rings. The third kappa shape index (κ3) is 138. The predicted octanol–water partition coefficient (Wildman–Crippen LogP) is 10.3. The van der Waals surface area contributed by atoms with Gasteiger partial charge in [0.15, 0.2) is 0 Å². The van der Waals surface area contributed by atoms with Gasteiger partial charge in [-0.3, -0.25) is 0 Å². The first-order valence-corrected chi connectivity index (χ1v) is 10.5. The molecular formula is C23H58. The monoisotopic (exact) mass is 334 g/mol. The summed E-state index contributed by atoms with van der Waals surface area (Å²) in [6, 6.07) is 0. The molecule has 0 heterocycles. The summed E-state index contributed by atoms with van der Waals surface area (Å²) in [7, 11) is 0. The van der Waals surface area contributed by atoms with Crippen LogP contribution in [0.3, 0.4) is 0 Å². The largest absolute Gasteiger partial charge is 0.0776 e. The van der Waals surface area contributed by atoms with Gasteiger partial charge in [0, 0.05) is 0 Å². The molecule has 0 atom stereocenters. The van der Waals surface area contributed by atoms with Crippen molar-refractivity contribution in [3.05, 3.63) is 0 Å². The van der Waals surface area contributed by atoms with Gasteiger partial charge in [-0.2, -0.15) is 0 Å². The molecule has 150 valence electrons. The maximum Gasteiger partial charge on any atom is -0.0471 e. The fraction of sp³-hybridized carbons (Fsp3) is 1.00. The molecule has 0 bridgehead atoms. The van der Waals surface area contributed by atoms with Gasteiger partial charge in [-0.15, -0.1) is 0 Å². The molecule has 0 aliphatic heterocycles. The van der Waals surface area contributed by atoms with Crippen molar-refractivity contribution in [3.63, 3.8) is 0 Å². The molecule has 0 saturated carbocycles. The van der Waals surface area contributed by atoms with Gasteiger partial charge in [0.1, 0.15) is 0 Å². The van der Waals surface area contributed by atoms with Gasteiger partial charge in [0.05, 0.1) is 0 Å². The topological polar surface area (TPSA) is 0 Å². The zero-order valence-corrected chi connectivity index (χ0v) is 18.6. The van der Waals surface area contributed by atoms with Crippen LogP contribution in [0.4, 0.5) is 0 Å². The van der Waals surface area contributed by atoms with Crippen LogP contribution in [-0.2, 0) is 0 Å². The van der Waals surface area contributed by atoms with Crippen molar-refractivity contribution in [2.24, 2.45) is 5.92 Å². The second-order valence-corrected chi connectivity index (χ2v) is 5.95. The van der Waals surface area contributed by atoms with Crippen LogP contribution in [0.5, 0.6) is 0 Å². The third-order valence-corrected chi connectivity index (χ3v) is 2.59. The Morgan fingerprint density at radius 3 is 0.870 bits per heavy atom. The Labute approximate surface area is 154 Å². The van der Waals surface area contributed by atoms with Crippen molar-refractivity contribution in [1.29, 1.82) is 0 Å². The van der Waals surface area contributed by atoms with E-state index in [4.69, 9.17) is 0 Å². The zero-order valence-electron chi connectivity index (χ0n) is 18.6. The SMILES string of the molecule is C.CC.CCC.CCCC.CCCCC(C)C.CCCCCC. The summed E-state index contributed by atoms with van der Waals surface area (Å²) in [5, 5.41) is 0. The molecule has 0 aromatic carbocycles. The standard InChI is InChI=1S/C7H16.C6H14.C4H10.C3H8.C2H6.CH4/c1-4-5-6-7(2)3;1-3-5-6-4-2;1-3-4-2;1-3-2;1-2;/h7H,4-6H2,1-3H3;3-6H2,1-2H3;3-4H2,1-2H3;3H2,1-2H3;1-2H3;1H4. The van der Waals surface area contributed by atoms with Crippen LogP contribution in [0.15, 0.2) is 0 Å². The molecule has 0 nitrogen and oxygen atoms in total. The number of hydrogen-bond acceptors (Lipinski definition) is 0. The van der Waals surface area contributed by atoms with Gasteiger partial charge < -0.3 is 0 Å². The molecule has 0 saturated heterocycles. The van der Waals surface area contributed by atoms with Crippen molar-refractivity contribution in [3.8, 4) is 0 Å². The van der Waals surface area contributed by atoms with Crippen LogP contribution in [-0.4, -0.2) is 0 Å². The zero-order chi connectivity index (χ0) is 18.6. The molecule has 23 heavy (non-hydrogen) atoms. The highest BCUT2D eigenvalue weighted by molar-refractivity contribution is 4.42. The van der Waals surface area contributed by atoms with Crippen LogP contribution < -0.4 is 0 Å². The summed E-state index contributed by atoms with van der Waals surface area (Å²) < 4.78 is 0. The predicted molar refractivity (Wildman–Crippen MR) is 119 cm³/mol. The van der Waals surface area contributed by atoms with Gasteiger partial charge >= 0.3 is 0 Å². The van der Waals surface area contributed by atoms with E-state index in [-0.39, 0.29) is 7.43 Å². The molecule has 0 aliphatic carbocycles. The quantitative estimate of drug-likeness (QED) is 0.406. The minimum atomic E-state index is 0. The Morgan fingerprint density at radius 1 is 0.522 bits per heavy atom. The molecule has 0 spiro atoms. The Kier molecular flexibility index (Phi) is 96.1. The average molecular weight is 335 g/mol. The van der Waals surface area contributed by atoms with E-state index in [9.17, 15) is 0 Å². The van der Waals surface area contributed by atoms with Crippen LogP contribution in [0.1, 0.15) is 148 Å². The first-order chi connectivity index (χ1) is 10.5. The average Bonchev–Trinajstić information content (AvgIpc) is 2.54. The Bertz CT molecular complexity index is 88.2. The van der Waals surface area contributed by atoms with Crippen LogP contribution in [0.2, 0.25) is 0 Å². The summed E-state index contributed by atoms with van der Waals surface area (Å²) in [4.78, 5) is 0. The molecule has 0 rings (SSSR count). The molecule has 0 fully saturated rings. The van der Waals surface area contributed by atoms with Crippen LogP contribution in [0.25, 0.3) is 0 Å². The van der Waals surface area contributed by atoms with Crippen molar-refractivity contribution >= 4 is 0 Å². The molecule has 0 unspecified atom stereocenters. The third-order valence-electron chi connectivity index (χ3n) is 2.59. The van der Waals surface area contributed by atoms with Crippen LogP contribution >= 0.6 is 0 Å². The molecule has 0 aromatic rings. The Hall–Kier alpha value is 0. The van der Waals surface area contributed by atoms with Gasteiger partial charge in [-0.1, -0.05) is 148 Å². The highest BCUT2D eigenvalue weighted by Gasteiger charge is 1.88. The van der Waals surface area contributed by atoms with Crippen LogP contribution in [0, 0.1) is 5.92 Å². The second-order valence-electron chi connectivity index (χ2n) is 5.95.